The summed E-state index contributed by atoms with van der Waals surface area (Å²) in [5.74, 6) is -1.68. The molecule has 0 aliphatic carbocycles. The van der Waals surface area contributed by atoms with Crippen LogP contribution < -0.4 is 4.74 Å². The van der Waals surface area contributed by atoms with Crippen molar-refractivity contribution in [2.75, 3.05) is 6.61 Å². The molecule has 0 bridgehead atoms. The Labute approximate surface area is 174 Å². The number of carbonyl (C=O) groups is 1. The number of imidazole rings is 1. The lowest BCUT2D eigenvalue weighted by molar-refractivity contribution is 0.0923. The lowest BCUT2D eigenvalue weighted by Gasteiger charge is -2.13. The first kappa shape index (κ1) is 21.9. The van der Waals surface area contributed by atoms with Crippen molar-refractivity contribution in [2.24, 2.45) is 5.92 Å². The van der Waals surface area contributed by atoms with Crippen molar-refractivity contribution in [3.63, 3.8) is 0 Å². The molecule has 0 unspecified atom stereocenters. The zero-order chi connectivity index (χ0) is 21.7. The lowest BCUT2D eigenvalue weighted by Crippen LogP contribution is -2.15. The van der Waals surface area contributed by atoms with Gasteiger partial charge in [-0.3, -0.25) is 9.20 Å². The molecule has 0 amide bonds. The molecule has 160 valence electrons. The van der Waals surface area contributed by atoms with E-state index in [0.717, 1.165) is 25.3 Å². The topological polar surface area (TPSA) is 63.8 Å². The van der Waals surface area contributed by atoms with Crippen molar-refractivity contribution < 1.29 is 23.4 Å². The van der Waals surface area contributed by atoms with Gasteiger partial charge < -0.3 is 9.84 Å². The van der Waals surface area contributed by atoms with Crippen LogP contribution in [0, 0.1) is 24.5 Å². The average molecular weight is 416 g/mol. The van der Waals surface area contributed by atoms with Crippen LogP contribution in [0.5, 0.6) is 5.75 Å². The average Bonchev–Trinajstić information content (AvgIpc) is 3.08. The van der Waals surface area contributed by atoms with Gasteiger partial charge >= 0.3 is 0 Å². The standard InChI is InChI=1S/C23H26F2N2O3/c1-3-4-7-16(13-28)12-19(29)22-15(2)26-23-20(10-6-11-27(22)23)30-14-17-8-5-9-18(24)21(17)25/h5-6,8-11,16,28H,3-4,7,12-14H2,1-2H3/t16-/m0/s1. The van der Waals surface area contributed by atoms with E-state index < -0.39 is 11.6 Å². The zero-order valence-corrected chi connectivity index (χ0v) is 17.2. The predicted molar refractivity (Wildman–Crippen MR) is 110 cm³/mol. The number of aromatic nitrogens is 2. The third-order valence-electron chi connectivity index (χ3n) is 5.17. The first-order valence-corrected chi connectivity index (χ1v) is 10.1. The predicted octanol–water partition coefficient (Wildman–Crippen LogP) is 4.87. The molecule has 0 saturated carbocycles. The molecule has 3 rings (SSSR count). The Morgan fingerprint density at radius 1 is 1.27 bits per heavy atom. The number of halogens is 2. The maximum Gasteiger partial charge on any atom is 0.181 e. The monoisotopic (exact) mass is 416 g/mol. The number of ketones is 1. The van der Waals surface area contributed by atoms with Crippen LogP contribution in [-0.4, -0.2) is 26.9 Å². The summed E-state index contributed by atoms with van der Waals surface area (Å²) in [5.41, 5.74) is 1.53. The van der Waals surface area contributed by atoms with Crippen LogP contribution in [0.2, 0.25) is 0 Å². The molecule has 0 spiro atoms. The molecule has 1 N–H and O–H groups in total. The molecular weight excluding hydrogens is 390 g/mol. The summed E-state index contributed by atoms with van der Waals surface area (Å²) < 4.78 is 34.7. The number of fused-ring (bicyclic) bond motifs is 1. The van der Waals surface area contributed by atoms with E-state index in [1.165, 1.54) is 12.1 Å². The highest BCUT2D eigenvalue weighted by molar-refractivity contribution is 5.96. The fourth-order valence-electron chi connectivity index (χ4n) is 3.53. The summed E-state index contributed by atoms with van der Waals surface area (Å²) in [6.07, 6.45) is 4.72. The highest BCUT2D eigenvalue weighted by Gasteiger charge is 2.22. The van der Waals surface area contributed by atoms with Gasteiger partial charge in [-0.05, 0) is 37.5 Å². The molecule has 2 heterocycles. The maximum absolute atomic E-state index is 13.9. The van der Waals surface area contributed by atoms with Gasteiger partial charge in [-0.25, -0.2) is 13.8 Å². The quantitative estimate of drug-likeness (QED) is 0.479. The number of unbranched alkanes of at least 4 members (excludes halogenated alkanes) is 1. The normalized spacial score (nSPS) is 12.3. The van der Waals surface area contributed by atoms with Crippen LogP contribution in [0.25, 0.3) is 5.65 Å². The third-order valence-corrected chi connectivity index (χ3v) is 5.17. The number of aliphatic hydroxyl groups excluding tert-OH is 1. The van der Waals surface area contributed by atoms with Crippen LogP contribution in [0.3, 0.4) is 0 Å². The number of hydrogen-bond donors (Lipinski definition) is 1. The summed E-state index contributed by atoms with van der Waals surface area (Å²) >= 11 is 0. The molecule has 3 aromatic rings. The smallest absolute Gasteiger partial charge is 0.181 e. The Balaban J connectivity index is 1.84. The molecule has 0 aliphatic rings. The Morgan fingerprint density at radius 2 is 2.07 bits per heavy atom. The van der Waals surface area contributed by atoms with Crippen molar-refractivity contribution in [3.8, 4) is 5.75 Å². The molecule has 5 nitrogen and oxygen atoms in total. The van der Waals surface area contributed by atoms with Crippen LogP contribution in [0.1, 0.15) is 54.4 Å². The zero-order valence-electron chi connectivity index (χ0n) is 17.2. The van der Waals surface area contributed by atoms with Crippen LogP contribution in [0.4, 0.5) is 8.78 Å². The van der Waals surface area contributed by atoms with E-state index in [9.17, 15) is 18.7 Å². The Kier molecular flexibility index (Phi) is 7.15. The molecule has 2 aromatic heterocycles. The Bertz CT molecular complexity index is 1030. The molecule has 7 heteroatoms. The van der Waals surface area contributed by atoms with Gasteiger partial charge in [-0.1, -0.05) is 31.9 Å². The van der Waals surface area contributed by atoms with Gasteiger partial charge in [0, 0.05) is 24.8 Å². The molecule has 1 aromatic carbocycles. The molecule has 0 fully saturated rings. The van der Waals surface area contributed by atoms with Crippen LogP contribution in [0.15, 0.2) is 36.5 Å². The number of aliphatic hydroxyl groups is 1. The first-order chi connectivity index (χ1) is 14.5. The number of pyridine rings is 1. The van der Waals surface area contributed by atoms with Crippen molar-refractivity contribution in [1.29, 1.82) is 0 Å². The van der Waals surface area contributed by atoms with Gasteiger partial charge in [-0.15, -0.1) is 0 Å². The van der Waals surface area contributed by atoms with Crippen LogP contribution in [-0.2, 0) is 6.61 Å². The number of aryl methyl sites for hydroxylation is 1. The second-order valence-electron chi connectivity index (χ2n) is 7.43. The molecule has 1 atom stereocenters. The summed E-state index contributed by atoms with van der Waals surface area (Å²) in [7, 11) is 0. The lowest BCUT2D eigenvalue weighted by atomic mass is 9.95. The van der Waals surface area contributed by atoms with Crippen molar-refractivity contribution in [2.45, 2.75) is 46.1 Å². The number of nitrogens with zero attached hydrogens (tertiary/aromatic N) is 2. The van der Waals surface area contributed by atoms with Crippen molar-refractivity contribution in [1.82, 2.24) is 9.38 Å². The van der Waals surface area contributed by atoms with Gasteiger partial charge in [0.15, 0.2) is 28.8 Å². The number of ether oxygens (including phenoxy) is 1. The van der Waals surface area contributed by atoms with Gasteiger partial charge in [-0.2, -0.15) is 0 Å². The molecular formula is C23H26F2N2O3. The minimum atomic E-state index is -0.943. The van der Waals surface area contributed by atoms with Crippen molar-refractivity contribution in [3.05, 3.63) is 65.1 Å². The molecule has 0 radical (unpaired) electrons. The summed E-state index contributed by atoms with van der Waals surface area (Å²) in [4.78, 5) is 17.4. The largest absolute Gasteiger partial charge is 0.485 e. The Morgan fingerprint density at radius 3 is 2.80 bits per heavy atom. The number of rotatable bonds is 10. The third kappa shape index (κ3) is 4.67. The minimum absolute atomic E-state index is 0.0327. The highest BCUT2D eigenvalue weighted by atomic mass is 19.2. The Hall–Kier alpha value is -2.80. The fraction of sp³-hybridized carbons (Fsp3) is 0.391. The van der Waals surface area contributed by atoms with E-state index in [4.69, 9.17) is 4.74 Å². The second-order valence-corrected chi connectivity index (χ2v) is 7.43. The number of carbonyl (C=O) groups excluding carboxylic acids is 1. The van der Waals surface area contributed by atoms with Crippen molar-refractivity contribution >= 4 is 11.4 Å². The van der Waals surface area contributed by atoms with Crippen LogP contribution >= 0.6 is 0 Å². The van der Waals surface area contributed by atoms with Gasteiger partial charge in [0.2, 0.25) is 0 Å². The highest BCUT2D eigenvalue weighted by Crippen LogP contribution is 2.26. The van der Waals surface area contributed by atoms with E-state index in [1.54, 1.807) is 29.7 Å². The summed E-state index contributed by atoms with van der Waals surface area (Å²) in [6.45, 7) is 3.62. The first-order valence-electron chi connectivity index (χ1n) is 10.1. The number of benzene rings is 1. The van der Waals surface area contributed by atoms with Gasteiger partial charge in [0.05, 0.1) is 5.69 Å². The number of Topliss-reactive ketones (excluding diaryl/α,β-unsaturated/α-hetero) is 1. The summed E-state index contributed by atoms with van der Waals surface area (Å²) in [5, 5.41) is 9.59. The molecule has 30 heavy (non-hydrogen) atoms. The molecule has 0 aliphatic heterocycles. The van der Waals surface area contributed by atoms with E-state index in [1.807, 2.05) is 0 Å². The van der Waals surface area contributed by atoms with Gasteiger partial charge in [0.25, 0.3) is 0 Å². The maximum atomic E-state index is 13.9. The fourth-order valence-corrected chi connectivity index (χ4v) is 3.53. The van der Waals surface area contributed by atoms with Gasteiger partial charge in [0.1, 0.15) is 12.3 Å². The minimum Gasteiger partial charge on any atom is -0.485 e. The second kappa shape index (κ2) is 9.80. The molecule has 0 saturated heterocycles. The van der Waals surface area contributed by atoms with E-state index in [2.05, 4.69) is 11.9 Å². The summed E-state index contributed by atoms with van der Waals surface area (Å²) in [6, 6.07) is 7.31. The van der Waals surface area contributed by atoms with E-state index >= 15 is 0 Å². The van der Waals surface area contributed by atoms with E-state index in [0.29, 0.717) is 22.8 Å². The van der Waals surface area contributed by atoms with E-state index in [-0.39, 0.29) is 36.9 Å². The number of hydrogen-bond acceptors (Lipinski definition) is 4. The SMILES string of the molecule is CCCC[C@H](CO)CC(=O)c1c(C)nc2c(OCc3cccc(F)c3F)cccn12.